The Labute approximate surface area is 190 Å². The van der Waals surface area contributed by atoms with Crippen LogP contribution in [0.2, 0.25) is 0 Å². The van der Waals surface area contributed by atoms with E-state index in [0.29, 0.717) is 29.0 Å². The van der Waals surface area contributed by atoms with Gasteiger partial charge in [-0.1, -0.05) is 24.3 Å². The van der Waals surface area contributed by atoms with Crippen LogP contribution in [0.3, 0.4) is 0 Å². The van der Waals surface area contributed by atoms with Crippen LogP contribution in [0, 0.1) is 5.92 Å². The Balaban J connectivity index is 1.56. The maximum Gasteiger partial charge on any atom is 0.272 e. The van der Waals surface area contributed by atoms with E-state index in [1.165, 1.54) is 18.4 Å². The van der Waals surface area contributed by atoms with Gasteiger partial charge in [-0.25, -0.2) is 9.97 Å². The summed E-state index contributed by atoms with van der Waals surface area (Å²) in [5.41, 5.74) is 4.29. The highest BCUT2D eigenvalue weighted by molar-refractivity contribution is 6.13. The zero-order chi connectivity index (χ0) is 22.4. The van der Waals surface area contributed by atoms with Crippen LogP contribution in [0.15, 0.2) is 73.1 Å². The quantitative estimate of drug-likeness (QED) is 0.404. The van der Waals surface area contributed by atoms with Gasteiger partial charge in [-0.15, -0.1) is 0 Å². The van der Waals surface area contributed by atoms with Gasteiger partial charge in [0.1, 0.15) is 11.4 Å². The van der Waals surface area contributed by atoms with Crippen molar-refractivity contribution in [1.82, 2.24) is 19.1 Å². The van der Waals surface area contributed by atoms with E-state index >= 15 is 0 Å². The lowest BCUT2D eigenvalue weighted by atomic mass is 10.2. The highest BCUT2D eigenvalue weighted by atomic mass is 16.5. The van der Waals surface area contributed by atoms with E-state index in [2.05, 4.69) is 38.1 Å². The van der Waals surface area contributed by atoms with Crippen molar-refractivity contribution in [2.75, 3.05) is 12.4 Å². The summed E-state index contributed by atoms with van der Waals surface area (Å²) in [6.45, 7) is 0.945. The topological polar surface area (TPSA) is 74.0 Å². The first-order chi connectivity index (χ1) is 16.2. The van der Waals surface area contributed by atoms with Gasteiger partial charge in [-0.2, -0.15) is 0 Å². The van der Waals surface area contributed by atoms with Gasteiger partial charge in [-0.05, 0) is 49.1 Å². The maximum absolute atomic E-state index is 13.5. The lowest BCUT2D eigenvalue weighted by molar-refractivity contribution is 0.102. The summed E-state index contributed by atoms with van der Waals surface area (Å²) in [4.78, 5) is 22.5. The monoisotopic (exact) mass is 437 g/mol. The standard InChI is InChI=1S/C26H23N5O2/c1-33-19-7-4-6-18(14-19)29-25(32)23-15-22-24(31(23)26-27-12-5-13-28-26)20-8-2-3-9-21(20)30(22)16-17-10-11-17/h2-9,12-15,17H,10-11,16H2,1H3,(H,29,32). The van der Waals surface area contributed by atoms with Crippen molar-refractivity contribution in [3.63, 3.8) is 0 Å². The number of para-hydroxylation sites is 1. The fraction of sp³-hybridized carbons (Fsp3) is 0.192. The number of nitrogens with zero attached hydrogens (tertiary/aromatic N) is 4. The molecule has 1 aliphatic carbocycles. The number of benzene rings is 2. The first kappa shape index (κ1) is 19.5. The molecule has 6 rings (SSSR count). The smallest absolute Gasteiger partial charge is 0.272 e. The summed E-state index contributed by atoms with van der Waals surface area (Å²) in [5, 5.41) is 4.09. The number of amides is 1. The van der Waals surface area contributed by atoms with E-state index < -0.39 is 0 Å². The van der Waals surface area contributed by atoms with Gasteiger partial charge in [0.05, 0.1) is 23.7 Å². The number of hydrogen-bond acceptors (Lipinski definition) is 4. The molecular formula is C26H23N5O2. The summed E-state index contributed by atoms with van der Waals surface area (Å²) < 4.78 is 9.51. The van der Waals surface area contributed by atoms with Crippen LogP contribution in [0.5, 0.6) is 5.75 Å². The number of methoxy groups -OCH3 is 1. The third-order valence-corrected chi connectivity index (χ3v) is 6.17. The second-order valence-electron chi connectivity index (χ2n) is 8.40. The summed E-state index contributed by atoms with van der Waals surface area (Å²) in [6.07, 6.45) is 5.89. The molecule has 3 aromatic heterocycles. The van der Waals surface area contributed by atoms with Crippen LogP contribution >= 0.6 is 0 Å². The van der Waals surface area contributed by atoms with Crippen molar-refractivity contribution < 1.29 is 9.53 Å². The zero-order valence-corrected chi connectivity index (χ0v) is 18.2. The SMILES string of the molecule is COc1cccc(NC(=O)c2cc3c(c4ccccc4n3CC3CC3)n2-c2ncccn2)c1. The molecule has 0 atom stereocenters. The Morgan fingerprint density at radius 2 is 1.85 bits per heavy atom. The fourth-order valence-electron chi connectivity index (χ4n) is 4.43. The first-order valence-corrected chi connectivity index (χ1v) is 11.1. The number of carbonyl (C=O) groups is 1. The summed E-state index contributed by atoms with van der Waals surface area (Å²) >= 11 is 0. The summed E-state index contributed by atoms with van der Waals surface area (Å²) in [7, 11) is 1.61. The van der Waals surface area contributed by atoms with Crippen molar-refractivity contribution >= 4 is 33.5 Å². The molecule has 1 amide bonds. The molecule has 1 fully saturated rings. The predicted octanol–water partition coefficient (Wildman–Crippen LogP) is 5.05. The van der Waals surface area contributed by atoms with Crippen LogP contribution in [0.1, 0.15) is 23.3 Å². The third kappa shape index (κ3) is 3.42. The highest BCUT2D eigenvalue weighted by Gasteiger charge is 2.27. The molecule has 0 aliphatic heterocycles. The summed E-state index contributed by atoms with van der Waals surface area (Å²) in [6, 6.07) is 19.4. The van der Waals surface area contributed by atoms with Crippen LogP contribution in [0.25, 0.3) is 27.9 Å². The minimum Gasteiger partial charge on any atom is -0.497 e. The van der Waals surface area contributed by atoms with Crippen LogP contribution in [-0.2, 0) is 6.54 Å². The van der Waals surface area contributed by atoms with E-state index in [-0.39, 0.29) is 5.91 Å². The van der Waals surface area contributed by atoms with Crippen LogP contribution in [-0.4, -0.2) is 32.1 Å². The van der Waals surface area contributed by atoms with Gasteiger partial charge >= 0.3 is 0 Å². The molecule has 164 valence electrons. The highest BCUT2D eigenvalue weighted by Crippen LogP contribution is 2.38. The average Bonchev–Trinajstić information content (AvgIpc) is 3.52. The summed E-state index contributed by atoms with van der Waals surface area (Å²) in [5.74, 6) is 1.61. The Morgan fingerprint density at radius 1 is 1.03 bits per heavy atom. The van der Waals surface area contributed by atoms with Gasteiger partial charge in [0, 0.05) is 36.1 Å². The molecule has 0 bridgehead atoms. The molecule has 7 nitrogen and oxygen atoms in total. The fourth-order valence-corrected chi connectivity index (χ4v) is 4.43. The average molecular weight is 438 g/mol. The van der Waals surface area contributed by atoms with Gasteiger partial charge in [0.2, 0.25) is 5.95 Å². The molecule has 33 heavy (non-hydrogen) atoms. The number of carbonyl (C=O) groups excluding carboxylic acids is 1. The van der Waals surface area contributed by atoms with Crippen molar-refractivity contribution in [3.8, 4) is 11.7 Å². The van der Waals surface area contributed by atoms with Crippen molar-refractivity contribution in [2.24, 2.45) is 5.92 Å². The van der Waals surface area contributed by atoms with E-state index in [9.17, 15) is 4.79 Å². The molecule has 1 saturated carbocycles. The van der Waals surface area contributed by atoms with Gasteiger partial charge in [-0.3, -0.25) is 9.36 Å². The molecule has 5 aromatic rings. The number of rotatable bonds is 6. The van der Waals surface area contributed by atoms with Crippen molar-refractivity contribution in [1.29, 1.82) is 0 Å². The van der Waals surface area contributed by atoms with Gasteiger partial charge < -0.3 is 14.6 Å². The maximum atomic E-state index is 13.5. The lowest BCUT2D eigenvalue weighted by Crippen LogP contribution is -2.17. The number of nitrogens with one attached hydrogen (secondary N) is 1. The minimum atomic E-state index is -0.228. The Morgan fingerprint density at radius 3 is 2.64 bits per heavy atom. The van der Waals surface area contributed by atoms with E-state index in [1.54, 1.807) is 31.6 Å². The molecule has 3 heterocycles. The number of ether oxygens (including phenoxy) is 1. The predicted molar refractivity (Wildman–Crippen MR) is 128 cm³/mol. The largest absolute Gasteiger partial charge is 0.497 e. The number of fused-ring (bicyclic) bond motifs is 3. The molecule has 2 aromatic carbocycles. The molecule has 0 radical (unpaired) electrons. The third-order valence-electron chi connectivity index (χ3n) is 6.17. The lowest BCUT2D eigenvalue weighted by Gasteiger charge is -2.10. The van der Waals surface area contributed by atoms with Crippen molar-refractivity contribution in [3.05, 3.63) is 78.8 Å². The van der Waals surface area contributed by atoms with E-state index in [1.807, 2.05) is 34.9 Å². The molecular weight excluding hydrogens is 414 g/mol. The molecule has 1 aliphatic rings. The molecule has 7 heteroatoms. The molecule has 0 spiro atoms. The number of anilines is 1. The Bertz CT molecular complexity index is 1480. The number of aromatic nitrogens is 4. The van der Waals surface area contributed by atoms with E-state index in [0.717, 1.165) is 23.0 Å². The Hall–Kier alpha value is -4.13. The molecule has 0 saturated heterocycles. The number of hydrogen-bond donors (Lipinski definition) is 1. The van der Waals surface area contributed by atoms with E-state index in [4.69, 9.17) is 4.74 Å². The minimum absolute atomic E-state index is 0.228. The first-order valence-electron chi connectivity index (χ1n) is 11.1. The van der Waals surface area contributed by atoms with Gasteiger partial charge in [0.25, 0.3) is 5.91 Å². The van der Waals surface area contributed by atoms with Gasteiger partial charge in [0.15, 0.2) is 0 Å². The normalized spacial score (nSPS) is 13.5. The van der Waals surface area contributed by atoms with Crippen LogP contribution in [0.4, 0.5) is 5.69 Å². The second-order valence-corrected chi connectivity index (χ2v) is 8.40. The molecule has 1 N–H and O–H groups in total. The second kappa shape index (κ2) is 7.78. The Kier molecular flexibility index (Phi) is 4.61. The van der Waals surface area contributed by atoms with Crippen molar-refractivity contribution in [2.45, 2.75) is 19.4 Å². The molecule has 0 unspecified atom stereocenters. The van der Waals surface area contributed by atoms with Crippen LogP contribution < -0.4 is 10.1 Å². The zero-order valence-electron chi connectivity index (χ0n) is 18.2.